The van der Waals surface area contributed by atoms with E-state index >= 15 is 0 Å². The third kappa shape index (κ3) is 4.06. The molecule has 1 aromatic heterocycles. The maximum absolute atomic E-state index is 5.98. The summed E-state index contributed by atoms with van der Waals surface area (Å²) in [6.45, 7) is 7.42. The summed E-state index contributed by atoms with van der Waals surface area (Å²) in [6.07, 6.45) is 1.40. The molecule has 4 rings (SSSR count). The van der Waals surface area contributed by atoms with Gasteiger partial charge in [0.2, 0.25) is 0 Å². The molecule has 1 saturated heterocycles. The van der Waals surface area contributed by atoms with Gasteiger partial charge in [-0.25, -0.2) is 0 Å². The number of pyridine rings is 1. The van der Waals surface area contributed by atoms with E-state index in [-0.39, 0.29) is 0 Å². The Morgan fingerprint density at radius 3 is 2.78 bits per heavy atom. The van der Waals surface area contributed by atoms with Crippen molar-refractivity contribution in [2.75, 3.05) is 24.6 Å². The Balaban J connectivity index is 1.57. The van der Waals surface area contributed by atoms with Crippen LogP contribution >= 0.6 is 0 Å². The number of aromatic nitrogens is 1. The molecule has 0 bridgehead atoms. The molecule has 3 aromatic rings. The monoisotopic (exact) mass is 362 g/mol. The van der Waals surface area contributed by atoms with Gasteiger partial charge in [-0.3, -0.25) is 4.98 Å². The third-order valence-electron chi connectivity index (χ3n) is 5.02. The highest BCUT2D eigenvalue weighted by Gasteiger charge is 2.24. The van der Waals surface area contributed by atoms with Gasteiger partial charge in [-0.05, 0) is 44.0 Å². The summed E-state index contributed by atoms with van der Waals surface area (Å²) in [5.41, 5.74) is 4.41. The topological polar surface area (TPSA) is 34.6 Å². The van der Waals surface area contributed by atoms with Crippen molar-refractivity contribution >= 4 is 16.6 Å². The summed E-state index contributed by atoms with van der Waals surface area (Å²) in [5, 5.41) is 1.17. The average molecular weight is 362 g/mol. The first-order valence-electron chi connectivity index (χ1n) is 9.67. The van der Waals surface area contributed by atoms with Gasteiger partial charge in [-0.15, -0.1) is 0 Å². The van der Waals surface area contributed by atoms with Gasteiger partial charge in [0, 0.05) is 42.5 Å². The molecule has 0 unspecified atom stereocenters. The van der Waals surface area contributed by atoms with Gasteiger partial charge in [0.15, 0.2) is 0 Å². The number of ether oxygens (including phenoxy) is 2. The molecule has 1 atom stereocenters. The fourth-order valence-corrected chi connectivity index (χ4v) is 3.73. The zero-order valence-electron chi connectivity index (χ0n) is 16.0. The number of anilines is 1. The fourth-order valence-electron chi connectivity index (χ4n) is 3.73. The second-order valence-corrected chi connectivity index (χ2v) is 7.05. The molecule has 4 nitrogen and oxygen atoms in total. The van der Waals surface area contributed by atoms with Crippen LogP contribution in [0.1, 0.15) is 24.6 Å². The van der Waals surface area contributed by atoms with E-state index in [9.17, 15) is 0 Å². The first kappa shape index (κ1) is 17.8. The minimum atomic E-state index is 0.326. The number of nitrogens with zero attached hydrogens (tertiary/aromatic N) is 2. The predicted molar refractivity (Wildman–Crippen MR) is 109 cm³/mol. The number of benzene rings is 2. The van der Waals surface area contributed by atoms with E-state index in [2.05, 4.69) is 43.0 Å². The van der Waals surface area contributed by atoms with Crippen molar-refractivity contribution in [2.24, 2.45) is 0 Å². The summed E-state index contributed by atoms with van der Waals surface area (Å²) < 4.78 is 11.8. The maximum Gasteiger partial charge on any atom is 0.122 e. The SMILES string of the molecule is CCO[C@H]1CCN(c2cc(C)nc3cc(OCc4ccccc4)ccc23)C1. The lowest BCUT2D eigenvalue weighted by Gasteiger charge is -2.21. The molecule has 0 spiro atoms. The molecule has 140 valence electrons. The number of aryl methyl sites for hydroxylation is 1. The zero-order chi connectivity index (χ0) is 18.6. The Morgan fingerprint density at radius 2 is 1.96 bits per heavy atom. The molecule has 2 aromatic carbocycles. The molecule has 0 amide bonds. The van der Waals surface area contributed by atoms with Crippen molar-refractivity contribution in [1.82, 2.24) is 4.98 Å². The Bertz CT molecular complexity index is 911. The number of hydrogen-bond donors (Lipinski definition) is 0. The molecule has 0 aliphatic carbocycles. The van der Waals surface area contributed by atoms with Crippen molar-refractivity contribution in [3.05, 3.63) is 65.9 Å². The number of rotatable bonds is 6. The van der Waals surface area contributed by atoms with Crippen molar-refractivity contribution in [1.29, 1.82) is 0 Å². The number of fused-ring (bicyclic) bond motifs is 1. The van der Waals surface area contributed by atoms with Crippen molar-refractivity contribution in [3.63, 3.8) is 0 Å². The van der Waals surface area contributed by atoms with Gasteiger partial charge >= 0.3 is 0 Å². The van der Waals surface area contributed by atoms with Gasteiger partial charge in [0.25, 0.3) is 0 Å². The molecule has 1 aliphatic rings. The van der Waals surface area contributed by atoms with Crippen LogP contribution < -0.4 is 9.64 Å². The molecule has 0 saturated carbocycles. The van der Waals surface area contributed by atoms with E-state index in [1.807, 2.05) is 30.3 Å². The van der Waals surface area contributed by atoms with Crippen LogP contribution in [0.25, 0.3) is 10.9 Å². The van der Waals surface area contributed by atoms with Crippen LogP contribution in [0.15, 0.2) is 54.6 Å². The highest BCUT2D eigenvalue weighted by molar-refractivity contribution is 5.93. The van der Waals surface area contributed by atoms with Crippen LogP contribution in [0.2, 0.25) is 0 Å². The average Bonchev–Trinajstić information content (AvgIpc) is 3.15. The first-order chi connectivity index (χ1) is 13.2. The zero-order valence-corrected chi connectivity index (χ0v) is 16.0. The summed E-state index contributed by atoms with van der Waals surface area (Å²) in [5.74, 6) is 0.851. The van der Waals surface area contributed by atoms with Crippen molar-refractivity contribution < 1.29 is 9.47 Å². The maximum atomic E-state index is 5.98. The summed E-state index contributed by atoms with van der Waals surface area (Å²) >= 11 is 0. The minimum absolute atomic E-state index is 0.326. The molecule has 4 heteroatoms. The van der Waals surface area contributed by atoms with Crippen LogP contribution in [-0.4, -0.2) is 30.8 Å². The molecule has 2 heterocycles. The standard InChI is InChI=1S/C23H26N2O2/c1-3-26-20-11-12-25(15-20)23-13-17(2)24-22-14-19(9-10-21(22)23)27-16-18-7-5-4-6-8-18/h4-10,13-14,20H,3,11-12,15-16H2,1-2H3/t20-/m0/s1. The molecule has 1 fully saturated rings. The summed E-state index contributed by atoms with van der Waals surface area (Å²) in [6, 6.07) is 18.6. The van der Waals surface area contributed by atoms with Gasteiger partial charge in [0.1, 0.15) is 12.4 Å². The van der Waals surface area contributed by atoms with Crippen LogP contribution in [0.4, 0.5) is 5.69 Å². The largest absolute Gasteiger partial charge is 0.489 e. The van der Waals surface area contributed by atoms with Gasteiger partial charge in [-0.1, -0.05) is 30.3 Å². The quantitative estimate of drug-likeness (QED) is 0.634. The van der Waals surface area contributed by atoms with E-state index in [1.165, 1.54) is 11.1 Å². The molecule has 0 N–H and O–H groups in total. The lowest BCUT2D eigenvalue weighted by molar-refractivity contribution is 0.0788. The van der Waals surface area contributed by atoms with Crippen LogP contribution in [-0.2, 0) is 11.3 Å². The lowest BCUT2D eigenvalue weighted by Crippen LogP contribution is -2.23. The van der Waals surface area contributed by atoms with E-state index in [1.54, 1.807) is 0 Å². The first-order valence-corrected chi connectivity index (χ1v) is 9.67. The molecule has 1 aliphatic heterocycles. The second kappa shape index (κ2) is 7.97. The highest BCUT2D eigenvalue weighted by Crippen LogP contribution is 2.32. The van der Waals surface area contributed by atoms with Crippen LogP contribution in [0.3, 0.4) is 0 Å². The molecule has 0 radical (unpaired) electrons. The van der Waals surface area contributed by atoms with Crippen LogP contribution in [0, 0.1) is 6.92 Å². The van der Waals surface area contributed by atoms with Gasteiger partial charge in [-0.2, -0.15) is 0 Å². The third-order valence-corrected chi connectivity index (χ3v) is 5.02. The highest BCUT2D eigenvalue weighted by atomic mass is 16.5. The minimum Gasteiger partial charge on any atom is -0.489 e. The fraction of sp³-hybridized carbons (Fsp3) is 0.348. The summed E-state index contributed by atoms with van der Waals surface area (Å²) in [4.78, 5) is 7.16. The molecule has 27 heavy (non-hydrogen) atoms. The van der Waals surface area contributed by atoms with E-state index in [0.29, 0.717) is 12.7 Å². The van der Waals surface area contributed by atoms with E-state index < -0.39 is 0 Å². The summed E-state index contributed by atoms with van der Waals surface area (Å²) in [7, 11) is 0. The Labute approximate surface area is 160 Å². The lowest BCUT2D eigenvalue weighted by atomic mass is 10.1. The van der Waals surface area contributed by atoms with Crippen molar-refractivity contribution in [3.8, 4) is 5.75 Å². The second-order valence-electron chi connectivity index (χ2n) is 7.05. The van der Waals surface area contributed by atoms with E-state index in [4.69, 9.17) is 14.5 Å². The Kier molecular flexibility index (Phi) is 5.26. The molecular weight excluding hydrogens is 336 g/mol. The number of hydrogen-bond acceptors (Lipinski definition) is 4. The normalized spacial score (nSPS) is 16.8. The van der Waals surface area contributed by atoms with E-state index in [0.717, 1.165) is 48.6 Å². The van der Waals surface area contributed by atoms with Crippen LogP contribution in [0.5, 0.6) is 5.75 Å². The van der Waals surface area contributed by atoms with Crippen molar-refractivity contribution in [2.45, 2.75) is 33.0 Å². The van der Waals surface area contributed by atoms with Gasteiger partial charge in [0.05, 0.1) is 11.6 Å². The molecular formula is C23H26N2O2. The predicted octanol–water partition coefficient (Wildman–Crippen LogP) is 4.74. The Morgan fingerprint density at radius 1 is 1.11 bits per heavy atom. The smallest absolute Gasteiger partial charge is 0.122 e. The van der Waals surface area contributed by atoms with Gasteiger partial charge < -0.3 is 14.4 Å². The Hall–Kier alpha value is -2.59.